The van der Waals surface area contributed by atoms with Crippen LogP contribution >= 0.6 is 0 Å². The second kappa shape index (κ2) is 12.4. The van der Waals surface area contributed by atoms with E-state index >= 15 is 0 Å². The van der Waals surface area contributed by atoms with Gasteiger partial charge in [0.25, 0.3) is 0 Å². The Morgan fingerprint density at radius 2 is 1.81 bits per heavy atom. The highest BCUT2D eigenvalue weighted by Crippen LogP contribution is 2.35. The van der Waals surface area contributed by atoms with Crippen LogP contribution in [0.2, 0.25) is 0 Å². The number of hydrogen-bond donors (Lipinski definition) is 0. The lowest BCUT2D eigenvalue weighted by molar-refractivity contribution is -0.230. The molecule has 0 radical (unpaired) electrons. The third-order valence-corrected chi connectivity index (χ3v) is 6.29. The molecule has 1 aliphatic carbocycles. The molecule has 0 unspecified atom stereocenters. The molecule has 0 bridgehead atoms. The van der Waals surface area contributed by atoms with Crippen molar-refractivity contribution in [1.82, 2.24) is 0 Å². The summed E-state index contributed by atoms with van der Waals surface area (Å²) in [5.41, 5.74) is 0. The second-order valence-corrected chi connectivity index (χ2v) is 8.87. The number of hydrogen-bond acceptors (Lipinski definition) is 5. The molecule has 1 aromatic rings. The van der Waals surface area contributed by atoms with Gasteiger partial charge in [-0.15, -0.1) is 0 Å². The predicted octanol–water partition coefficient (Wildman–Crippen LogP) is 5.90. The number of unbranched alkanes of at least 4 members (excludes halogenated alkanes) is 2. The molecular weight excluding hydrogens is 399 g/mol. The Bertz CT molecular complexity index is 678. The second-order valence-electron chi connectivity index (χ2n) is 8.87. The highest BCUT2D eigenvalue weighted by Gasteiger charge is 2.35. The molecule has 0 amide bonds. The Labute approximate surface area is 185 Å². The number of esters is 1. The van der Waals surface area contributed by atoms with E-state index < -0.39 is 5.82 Å². The lowest BCUT2D eigenvalue weighted by Crippen LogP contribution is -2.39. The van der Waals surface area contributed by atoms with E-state index in [0.29, 0.717) is 37.0 Å². The summed E-state index contributed by atoms with van der Waals surface area (Å²) in [6, 6.07) is 4.36. The van der Waals surface area contributed by atoms with Crippen LogP contribution < -0.4 is 9.47 Å². The summed E-state index contributed by atoms with van der Waals surface area (Å²) in [6.07, 6.45) is 8.73. The summed E-state index contributed by atoms with van der Waals surface area (Å²) in [4.78, 5) is 12.5. The van der Waals surface area contributed by atoms with Gasteiger partial charge in [0.05, 0.1) is 25.7 Å². The van der Waals surface area contributed by atoms with Crippen LogP contribution in [-0.2, 0) is 14.3 Å². The van der Waals surface area contributed by atoms with Crippen LogP contribution in [0.25, 0.3) is 0 Å². The maximum Gasteiger partial charge on any atom is 0.314 e. The SMILES string of the molecule is CCCCCC1COC(C2CCC(C(=O)Oc3ccc(OCCC)cc3F)CC2)OC1. The largest absolute Gasteiger partial charge is 0.493 e. The van der Waals surface area contributed by atoms with E-state index in [9.17, 15) is 9.18 Å². The van der Waals surface area contributed by atoms with Crippen molar-refractivity contribution in [3.63, 3.8) is 0 Å². The Balaban J connectivity index is 1.40. The van der Waals surface area contributed by atoms with Gasteiger partial charge in [0.2, 0.25) is 0 Å². The van der Waals surface area contributed by atoms with Gasteiger partial charge in [-0.2, -0.15) is 0 Å². The van der Waals surface area contributed by atoms with Crippen LogP contribution in [0.1, 0.15) is 71.6 Å². The third kappa shape index (κ3) is 7.18. The van der Waals surface area contributed by atoms with E-state index in [1.165, 1.54) is 37.8 Å². The molecule has 6 heteroatoms. The molecular formula is C25H37FO5. The van der Waals surface area contributed by atoms with Crippen molar-refractivity contribution < 1.29 is 28.1 Å². The number of ether oxygens (including phenoxy) is 4. The molecule has 0 spiro atoms. The lowest BCUT2D eigenvalue weighted by Gasteiger charge is -2.37. The van der Waals surface area contributed by atoms with Crippen molar-refractivity contribution in [3.05, 3.63) is 24.0 Å². The highest BCUT2D eigenvalue weighted by molar-refractivity contribution is 5.75. The average molecular weight is 437 g/mol. The molecule has 31 heavy (non-hydrogen) atoms. The molecule has 1 aromatic carbocycles. The minimum Gasteiger partial charge on any atom is -0.493 e. The Hall–Kier alpha value is -1.66. The number of carbonyl (C=O) groups excluding carboxylic acids is 1. The van der Waals surface area contributed by atoms with Crippen LogP contribution in [0.4, 0.5) is 4.39 Å². The normalized spacial score (nSPS) is 26.4. The van der Waals surface area contributed by atoms with Gasteiger partial charge >= 0.3 is 5.97 Å². The molecule has 1 saturated carbocycles. The molecule has 0 atom stereocenters. The van der Waals surface area contributed by atoms with Crippen molar-refractivity contribution >= 4 is 5.97 Å². The average Bonchev–Trinajstić information content (AvgIpc) is 2.80. The molecule has 1 aliphatic heterocycles. The first-order valence-corrected chi connectivity index (χ1v) is 12.0. The summed E-state index contributed by atoms with van der Waals surface area (Å²) in [5, 5.41) is 0. The zero-order valence-corrected chi connectivity index (χ0v) is 18.9. The molecule has 0 N–H and O–H groups in total. The van der Waals surface area contributed by atoms with Crippen molar-refractivity contribution in [1.29, 1.82) is 0 Å². The van der Waals surface area contributed by atoms with E-state index in [1.54, 1.807) is 6.07 Å². The number of rotatable bonds is 10. The van der Waals surface area contributed by atoms with Gasteiger partial charge in [0.1, 0.15) is 5.75 Å². The van der Waals surface area contributed by atoms with E-state index in [-0.39, 0.29) is 23.9 Å². The molecule has 174 valence electrons. The van der Waals surface area contributed by atoms with Crippen molar-refractivity contribution in [2.45, 2.75) is 77.9 Å². The summed E-state index contributed by atoms with van der Waals surface area (Å²) in [5.74, 6) is 0.0742. The molecule has 1 heterocycles. The first-order chi connectivity index (χ1) is 15.1. The number of benzene rings is 1. The van der Waals surface area contributed by atoms with Crippen molar-refractivity contribution in [2.75, 3.05) is 19.8 Å². The minimum atomic E-state index is -0.576. The van der Waals surface area contributed by atoms with E-state index in [2.05, 4.69) is 6.92 Å². The fourth-order valence-corrected chi connectivity index (χ4v) is 4.37. The van der Waals surface area contributed by atoms with E-state index in [1.807, 2.05) is 6.92 Å². The van der Waals surface area contributed by atoms with Gasteiger partial charge in [0, 0.05) is 17.9 Å². The van der Waals surface area contributed by atoms with Gasteiger partial charge in [-0.3, -0.25) is 4.79 Å². The molecule has 2 aliphatic rings. The fourth-order valence-electron chi connectivity index (χ4n) is 4.37. The first-order valence-electron chi connectivity index (χ1n) is 12.0. The number of halogens is 1. The Morgan fingerprint density at radius 3 is 2.45 bits per heavy atom. The number of carbonyl (C=O) groups is 1. The molecule has 5 nitrogen and oxygen atoms in total. The topological polar surface area (TPSA) is 54.0 Å². The van der Waals surface area contributed by atoms with E-state index in [0.717, 1.165) is 32.5 Å². The molecule has 3 rings (SSSR count). The summed E-state index contributed by atoms with van der Waals surface area (Å²) < 4.78 is 37.0. The zero-order valence-electron chi connectivity index (χ0n) is 18.9. The Morgan fingerprint density at radius 1 is 1.06 bits per heavy atom. The van der Waals surface area contributed by atoms with Gasteiger partial charge in [-0.05, 0) is 50.7 Å². The van der Waals surface area contributed by atoms with Gasteiger partial charge in [-0.25, -0.2) is 4.39 Å². The van der Waals surface area contributed by atoms with E-state index in [4.69, 9.17) is 18.9 Å². The zero-order chi connectivity index (χ0) is 22.1. The summed E-state index contributed by atoms with van der Waals surface area (Å²) in [7, 11) is 0. The van der Waals surface area contributed by atoms with Crippen LogP contribution in [-0.4, -0.2) is 32.1 Å². The first kappa shape index (κ1) is 24.0. The maximum atomic E-state index is 14.2. The summed E-state index contributed by atoms with van der Waals surface area (Å²) in [6.45, 7) is 6.27. The van der Waals surface area contributed by atoms with Gasteiger partial charge < -0.3 is 18.9 Å². The third-order valence-electron chi connectivity index (χ3n) is 6.29. The molecule has 2 fully saturated rings. The monoisotopic (exact) mass is 436 g/mol. The molecule has 1 saturated heterocycles. The van der Waals surface area contributed by atoms with Crippen LogP contribution in [0.15, 0.2) is 18.2 Å². The lowest BCUT2D eigenvalue weighted by atomic mass is 9.81. The fraction of sp³-hybridized carbons (Fsp3) is 0.720. The quantitative estimate of drug-likeness (QED) is 0.260. The van der Waals surface area contributed by atoms with Crippen molar-refractivity contribution in [2.24, 2.45) is 17.8 Å². The standard InChI is InChI=1S/C25H37FO5/c1-3-5-6-7-18-16-29-25(30-17-18)20-10-8-19(9-11-20)24(27)31-23-13-12-21(15-22(23)26)28-14-4-2/h12-13,15,18-20,25H,3-11,14,16-17H2,1-2H3. The van der Waals surface area contributed by atoms with Crippen molar-refractivity contribution in [3.8, 4) is 11.5 Å². The van der Waals surface area contributed by atoms with Gasteiger partial charge in [0.15, 0.2) is 17.9 Å². The Kier molecular flexibility index (Phi) is 9.59. The predicted molar refractivity (Wildman–Crippen MR) is 117 cm³/mol. The summed E-state index contributed by atoms with van der Waals surface area (Å²) >= 11 is 0. The van der Waals surface area contributed by atoms with Crippen LogP contribution in [0, 0.1) is 23.6 Å². The highest BCUT2D eigenvalue weighted by atomic mass is 19.1. The minimum absolute atomic E-state index is 0.0379. The maximum absolute atomic E-state index is 14.2. The van der Waals surface area contributed by atoms with Gasteiger partial charge in [-0.1, -0.05) is 33.1 Å². The van der Waals surface area contributed by atoms with Crippen LogP contribution in [0.5, 0.6) is 11.5 Å². The smallest absolute Gasteiger partial charge is 0.314 e. The molecule has 0 aromatic heterocycles. The van der Waals surface area contributed by atoms with Crippen LogP contribution in [0.3, 0.4) is 0 Å².